The molecule has 4 nitrogen and oxygen atoms in total. The molecular weight excluding hydrogens is 442 g/mol. The molecule has 0 atom stereocenters. The van der Waals surface area contributed by atoms with E-state index < -0.39 is 0 Å². The van der Waals surface area contributed by atoms with Gasteiger partial charge in [-0.05, 0) is 56.0 Å². The monoisotopic (exact) mass is 453 g/mol. The molecule has 1 aromatic carbocycles. The first-order valence-electron chi connectivity index (χ1n) is 6.87. The molecular formula is C16H13Br2N3OS. The van der Waals surface area contributed by atoms with E-state index in [4.69, 9.17) is 0 Å². The third-order valence-corrected chi connectivity index (χ3v) is 6.60. The van der Waals surface area contributed by atoms with Gasteiger partial charge < -0.3 is 5.32 Å². The number of nitrogens with zero attached hydrogens (tertiary/aromatic N) is 2. The highest BCUT2D eigenvalue weighted by Crippen LogP contribution is 2.32. The van der Waals surface area contributed by atoms with Gasteiger partial charge in [-0.2, -0.15) is 5.10 Å². The van der Waals surface area contributed by atoms with Crippen molar-refractivity contribution in [2.24, 2.45) is 0 Å². The number of thiophene rings is 1. The number of rotatable bonds is 4. The first-order valence-corrected chi connectivity index (χ1v) is 9.27. The summed E-state index contributed by atoms with van der Waals surface area (Å²) in [6.07, 6.45) is 1.86. The van der Waals surface area contributed by atoms with Crippen molar-refractivity contribution < 1.29 is 4.79 Å². The van der Waals surface area contributed by atoms with Crippen LogP contribution in [0.2, 0.25) is 0 Å². The molecule has 0 fully saturated rings. The molecule has 3 aromatic rings. The minimum atomic E-state index is -0.164. The van der Waals surface area contributed by atoms with Crippen molar-refractivity contribution in [1.29, 1.82) is 0 Å². The van der Waals surface area contributed by atoms with Gasteiger partial charge in [0, 0.05) is 16.7 Å². The maximum Gasteiger partial charge on any atom is 0.267 e. The van der Waals surface area contributed by atoms with Gasteiger partial charge in [0.2, 0.25) is 0 Å². The molecule has 0 spiro atoms. The van der Waals surface area contributed by atoms with Crippen LogP contribution < -0.4 is 5.32 Å². The molecule has 3 rings (SSSR count). The Hall–Kier alpha value is -1.44. The number of carbonyl (C=O) groups excluding carboxylic acids is 1. The third-order valence-electron chi connectivity index (χ3n) is 3.34. The quantitative estimate of drug-likeness (QED) is 0.597. The van der Waals surface area contributed by atoms with Crippen molar-refractivity contribution in [2.45, 2.75) is 13.5 Å². The molecule has 0 unspecified atom stereocenters. The summed E-state index contributed by atoms with van der Waals surface area (Å²) in [6.45, 7) is 2.76. The van der Waals surface area contributed by atoms with Crippen molar-refractivity contribution in [2.75, 3.05) is 5.32 Å². The normalized spacial score (nSPS) is 10.7. The Morgan fingerprint density at radius 3 is 2.78 bits per heavy atom. The van der Waals surface area contributed by atoms with Crippen molar-refractivity contribution in [3.8, 4) is 0 Å². The van der Waals surface area contributed by atoms with Gasteiger partial charge in [0.05, 0.1) is 15.2 Å². The second-order valence-corrected chi connectivity index (χ2v) is 8.24. The van der Waals surface area contributed by atoms with Crippen LogP contribution in [-0.2, 0) is 6.54 Å². The molecule has 0 aliphatic heterocycles. The molecule has 0 aliphatic rings. The Morgan fingerprint density at radius 2 is 2.09 bits per heavy atom. The molecule has 7 heteroatoms. The molecule has 0 radical (unpaired) electrons. The molecule has 0 saturated heterocycles. The van der Waals surface area contributed by atoms with Crippen LogP contribution in [0.5, 0.6) is 0 Å². The zero-order chi connectivity index (χ0) is 16.4. The summed E-state index contributed by atoms with van der Waals surface area (Å²) in [5.74, 6) is 0.381. The standard InChI is InChI=1S/C16H13Br2N3OS/c1-10-4-2-3-5-11(10)9-21-7-6-14(20-21)19-16(22)13-8-12(17)15(18)23-13/h2-8H,9H2,1H3,(H,19,20,22). The maximum absolute atomic E-state index is 12.2. The van der Waals surface area contributed by atoms with Crippen LogP contribution in [0.1, 0.15) is 20.8 Å². The van der Waals surface area contributed by atoms with Crippen LogP contribution in [0, 0.1) is 6.92 Å². The van der Waals surface area contributed by atoms with Gasteiger partial charge in [-0.15, -0.1) is 11.3 Å². The summed E-state index contributed by atoms with van der Waals surface area (Å²) >= 11 is 8.15. The number of nitrogens with one attached hydrogen (secondary N) is 1. The van der Waals surface area contributed by atoms with Gasteiger partial charge in [0.25, 0.3) is 5.91 Å². The second-order valence-electron chi connectivity index (χ2n) is 5.01. The van der Waals surface area contributed by atoms with E-state index in [1.165, 1.54) is 22.5 Å². The predicted octanol–water partition coefficient (Wildman–Crippen LogP) is 5.08. The van der Waals surface area contributed by atoms with E-state index >= 15 is 0 Å². The van der Waals surface area contributed by atoms with Gasteiger partial charge in [0.15, 0.2) is 5.82 Å². The molecule has 0 bridgehead atoms. The topological polar surface area (TPSA) is 46.9 Å². The highest BCUT2D eigenvalue weighted by molar-refractivity contribution is 9.13. The molecule has 118 valence electrons. The number of aromatic nitrogens is 2. The van der Waals surface area contributed by atoms with Gasteiger partial charge in [-0.1, -0.05) is 24.3 Å². The minimum Gasteiger partial charge on any atom is -0.304 e. The zero-order valence-electron chi connectivity index (χ0n) is 12.2. The summed E-state index contributed by atoms with van der Waals surface area (Å²) in [4.78, 5) is 12.8. The van der Waals surface area contributed by atoms with Crippen LogP contribution in [0.25, 0.3) is 0 Å². The lowest BCUT2D eigenvalue weighted by atomic mass is 10.1. The van der Waals surface area contributed by atoms with Gasteiger partial charge in [-0.25, -0.2) is 0 Å². The second kappa shape index (κ2) is 6.98. The van der Waals surface area contributed by atoms with Crippen molar-refractivity contribution in [3.63, 3.8) is 0 Å². The summed E-state index contributed by atoms with van der Waals surface area (Å²) in [7, 11) is 0. The predicted molar refractivity (Wildman–Crippen MR) is 100 cm³/mol. The van der Waals surface area contributed by atoms with Crippen molar-refractivity contribution >= 4 is 54.9 Å². The van der Waals surface area contributed by atoms with Crippen LogP contribution in [0.3, 0.4) is 0 Å². The number of hydrogen-bond donors (Lipinski definition) is 1. The smallest absolute Gasteiger partial charge is 0.267 e. The Morgan fingerprint density at radius 1 is 1.30 bits per heavy atom. The first-order chi connectivity index (χ1) is 11.0. The molecule has 2 heterocycles. The maximum atomic E-state index is 12.2. The number of carbonyl (C=O) groups is 1. The number of amides is 1. The highest BCUT2D eigenvalue weighted by atomic mass is 79.9. The fourth-order valence-electron chi connectivity index (χ4n) is 2.11. The van der Waals surface area contributed by atoms with E-state index in [0.29, 0.717) is 17.2 Å². The molecule has 2 aromatic heterocycles. The fraction of sp³-hybridized carbons (Fsp3) is 0.125. The number of aryl methyl sites for hydroxylation is 1. The van der Waals surface area contributed by atoms with E-state index in [1.807, 2.05) is 23.0 Å². The van der Waals surface area contributed by atoms with Gasteiger partial charge >= 0.3 is 0 Å². The average Bonchev–Trinajstić information content (AvgIpc) is 3.09. The van der Waals surface area contributed by atoms with E-state index in [9.17, 15) is 4.79 Å². The Balaban J connectivity index is 1.70. The lowest BCUT2D eigenvalue weighted by molar-refractivity contribution is 0.103. The van der Waals surface area contributed by atoms with Crippen molar-refractivity contribution in [1.82, 2.24) is 9.78 Å². The number of benzene rings is 1. The molecule has 1 N–H and O–H groups in total. The minimum absolute atomic E-state index is 0.164. The van der Waals surface area contributed by atoms with E-state index in [1.54, 1.807) is 12.1 Å². The summed E-state index contributed by atoms with van der Waals surface area (Å²) in [5.41, 5.74) is 2.43. The van der Waals surface area contributed by atoms with Crippen LogP contribution in [-0.4, -0.2) is 15.7 Å². The third kappa shape index (κ3) is 3.91. The first kappa shape index (κ1) is 16.4. The number of hydrogen-bond acceptors (Lipinski definition) is 3. The molecule has 23 heavy (non-hydrogen) atoms. The number of anilines is 1. The molecule has 0 saturated carbocycles. The lowest BCUT2D eigenvalue weighted by Crippen LogP contribution is -2.11. The SMILES string of the molecule is Cc1ccccc1Cn1ccc(NC(=O)c2cc(Br)c(Br)s2)n1. The lowest BCUT2D eigenvalue weighted by Gasteiger charge is -2.05. The van der Waals surface area contributed by atoms with Crippen LogP contribution in [0.15, 0.2) is 50.9 Å². The fourth-order valence-corrected chi connectivity index (χ4v) is 4.05. The molecule has 0 aliphatic carbocycles. The zero-order valence-corrected chi connectivity index (χ0v) is 16.2. The van der Waals surface area contributed by atoms with E-state index in [-0.39, 0.29) is 5.91 Å². The summed E-state index contributed by atoms with van der Waals surface area (Å²) in [5, 5.41) is 7.22. The largest absolute Gasteiger partial charge is 0.304 e. The average molecular weight is 455 g/mol. The van der Waals surface area contributed by atoms with E-state index in [2.05, 4.69) is 61.3 Å². The van der Waals surface area contributed by atoms with Gasteiger partial charge in [-0.3, -0.25) is 9.48 Å². The Bertz CT molecular complexity index is 837. The van der Waals surface area contributed by atoms with Gasteiger partial charge in [0.1, 0.15) is 0 Å². The van der Waals surface area contributed by atoms with Crippen LogP contribution >= 0.6 is 43.2 Å². The van der Waals surface area contributed by atoms with Crippen molar-refractivity contribution in [3.05, 3.63) is 66.9 Å². The highest BCUT2D eigenvalue weighted by Gasteiger charge is 2.13. The molecule has 1 amide bonds. The van der Waals surface area contributed by atoms with Crippen LogP contribution in [0.4, 0.5) is 5.82 Å². The van der Waals surface area contributed by atoms with E-state index in [0.717, 1.165) is 8.26 Å². The Labute approximate surface area is 154 Å². The summed E-state index contributed by atoms with van der Waals surface area (Å²) < 4.78 is 3.59. The summed E-state index contributed by atoms with van der Waals surface area (Å²) in [6, 6.07) is 11.8. The number of halogens is 2. The Kier molecular flexibility index (Phi) is 4.99.